The molecule has 116 valence electrons. The van der Waals surface area contributed by atoms with Crippen LogP contribution in [0.15, 0.2) is 0 Å². The Morgan fingerprint density at radius 2 is 0.857 bits per heavy atom. The molecule has 0 amide bonds. The lowest BCUT2D eigenvalue weighted by Crippen LogP contribution is -2.58. The third kappa shape index (κ3) is 1.75. The van der Waals surface area contributed by atoms with Gasteiger partial charge < -0.3 is 28.4 Å². The van der Waals surface area contributed by atoms with Gasteiger partial charge in [-0.1, -0.05) is 0 Å². The quantitative estimate of drug-likeness (QED) is 0.616. The van der Waals surface area contributed by atoms with Crippen LogP contribution in [0.5, 0.6) is 0 Å². The highest BCUT2D eigenvalue weighted by molar-refractivity contribution is 5.06. The minimum atomic E-state index is -1.25. The minimum absolute atomic E-state index is 0.115. The highest BCUT2D eigenvalue weighted by Crippen LogP contribution is 2.55. The van der Waals surface area contributed by atoms with Crippen molar-refractivity contribution in [1.29, 1.82) is 0 Å². The fourth-order valence-electron chi connectivity index (χ4n) is 4.72. The first-order valence-electron chi connectivity index (χ1n) is 8.04. The van der Waals surface area contributed by atoms with E-state index in [1.54, 1.807) is 0 Å². The van der Waals surface area contributed by atoms with Crippen molar-refractivity contribution in [3.63, 3.8) is 0 Å². The van der Waals surface area contributed by atoms with E-state index in [2.05, 4.69) is 0 Å². The summed E-state index contributed by atoms with van der Waals surface area (Å²) in [5.41, 5.74) is 0.229. The summed E-state index contributed by atoms with van der Waals surface area (Å²) in [4.78, 5) is 0. The maximum Gasteiger partial charge on any atom is 0.412 e. The zero-order valence-electron chi connectivity index (χ0n) is 11.9. The lowest BCUT2D eigenvalue weighted by Gasteiger charge is -2.48. The summed E-state index contributed by atoms with van der Waals surface area (Å²) >= 11 is 0. The Hall–Kier alpha value is -0.240. The van der Waals surface area contributed by atoms with Gasteiger partial charge in [0.05, 0.1) is 50.8 Å². The molecule has 21 heavy (non-hydrogen) atoms. The third-order valence-corrected chi connectivity index (χ3v) is 6.13. The molecule has 3 spiro atoms. The number of ether oxygens (including phenoxy) is 6. The Balaban J connectivity index is 1.12. The molecule has 4 aliphatic heterocycles. The van der Waals surface area contributed by atoms with Gasteiger partial charge in [-0.2, -0.15) is 0 Å². The van der Waals surface area contributed by atoms with Crippen LogP contribution in [-0.4, -0.2) is 57.0 Å². The Kier molecular flexibility index (Phi) is 2.11. The summed E-state index contributed by atoms with van der Waals surface area (Å²) in [7, 11) is 0. The predicted octanol–water partition coefficient (Wildman–Crippen LogP) is 0.786. The van der Waals surface area contributed by atoms with E-state index in [4.69, 9.17) is 28.4 Å². The first-order valence-corrected chi connectivity index (χ1v) is 8.04. The van der Waals surface area contributed by atoms with Gasteiger partial charge in [0.2, 0.25) is 0 Å². The molecule has 4 heterocycles. The van der Waals surface area contributed by atoms with Gasteiger partial charge in [0.15, 0.2) is 0 Å². The van der Waals surface area contributed by atoms with E-state index in [0.29, 0.717) is 50.8 Å². The average molecular weight is 296 g/mol. The molecule has 6 heteroatoms. The first-order chi connectivity index (χ1) is 10.2. The van der Waals surface area contributed by atoms with Crippen molar-refractivity contribution < 1.29 is 28.4 Å². The van der Waals surface area contributed by atoms with Crippen LogP contribution < -0.4 is 0 Å². The number of hydrogen-bond donors (Lipinski definition) is 0. The fourth-order valence-corrected chi connectivity index (χ4v) is 4.72. The lowest BCUT2D eigenvalue weighted by molar-refractivity contribution is -0.547. The van der Waals surface area contributed by atoms with E-state index in [1.807, 2.05) is 0 Å². The predicted molar refractivity (Wildman–Crippen MR) is 67.2 cm³/mol. The fraction of sp³-hybridized carbons (Fsp3) is 1.00. The van der Waals surface area contributed by atoms with Crippen molar-refractivity contribution in [2.75, 3.05) is 26.4 Å². The molecule has 4 saturated heterocycles. The summed E-state index contributed by atoms with van der Waals surface area (Å²) < 4.78 is 34.6. The van der Waals surface area contributed by atoms with Gasteiger partial charge in [-0.25, -0.2) is 0 Å². The van der Waals surface area contributed by atoms with Gasteiger partial charge in [0.1, 0.15) is 0 Å². The molecule has 2 aliphatic carbocycles. The molecule has 0 aromatic heterocycles. The van der Waals surface area contributed by atoms with Crippen LogP contribution >= 0.6 is 0 Å². The molecule has 6 aliphatic rings. The van der Waals surface area contributed by atoms with Crippen LogP contribution in [0.3, 0.4) is 0 Å². The zero-order valence-corrected chi connectivity index (χ0v) is 11.9. The Morgan fingerprint density at radius 1 is 0.524 bits per heavy atom. The van der Waals surface area contributed by atoms with Crippen molar-refractivity contribution in [2.24, 2.45) is 10.8 Å². The second-order valence-corrected chi connectivity index (χ2v) is 7.90. The van der Waals surface area contributed by atoms with Crippen LogP contribution in [0.1, 0.15) is 25.7 Å². The Bertz CT molecular complexity index is 405. The molecule has 2 saturated carbocycles. The summed E-state index contributed by atoms with van der Waals surface area (Å²) in [5.74, 6) is 0. The molecule has 4 unspecified atom stereocenters. The van der Waals surface area contributed by atoms with E-state index in [-0.39, 0.29) is 10.8 Å². The van der Waals surface area contributed by atoms with Gasteiger partial charge in [-0.15, -0.1) is 0 Å². The second kappa shape index (κ2) is 3.63. The van der Waals surface area contributed by atoms with Crippen molar-refractivity contribution >= 4 is 0 Å². The maximum absolute atomic E-state index is 5.90. The lowest BCUT2D eigenvalue weighted by atomic mass is 9.86. The summed E-state index contributed by atoms with van der Waals surface area (Å²) in [6.45, 7) is 2.57. The Labute approximate surface area is 122 Å². The average Bonchev–Trinajstić information content (AvgIpc) is 3.34. The molecule has 6 fully saturated rings. The summed E-state index contributed by atoms with van der Waals surface area (Å²) in [6.07, 6.45) is 4.66. The van der Waals surface area contributed by atoms with Gasteiger partial charge >= 0.3 is 6.16 Å². The third-order valence-electron chi connectivity index (χ3n) is 6.13. The van der Waals surface area contributed by atoms with Crippen LogP contribution in [0.25, 0.3) is 0 Å². The van der Waals surface area contributed by atoms with E-state index >= 15 is 0 Å². The minimum Gasteiger partial charge on any atom is -0.370 e. The highest BCUT2D eigenvalue weighted by atomic mass is 17.0. The number of rotatable bonds is 0. The van der Waals surface area contributed by atoms with Gasteiger partial charge in [-0.3, -0.25) is 0 Å². The Morgan fingerprint density at radius 3 is 1.19 bits per heavy atom. The standard InChI is InChI=1S/C15H20O6/c1-9-10(20-9)2-13(1)5-16-15(17-6-13)18-7-14(8-19-15)3-11-12(4-14)21-11/h9-12H,1-8H2. The molecule has 6 rings (SSSR count). The first kappa shape index (κ1) is 12.2. The molecule has 0 aromatic rings. The van der Waals surface area contributed by atoms with E-state index < -0.39 is 6.16 Å². The van der Waals surface area contributed by atoms with Gasteiger partial charge in [0, 0.05) is 10.8 Å². The van der Waals surface area contributed by atoms with Gasteiger partial charge in [-0.05, 0) is 25.7 Å². The number of epoxide rings is 2. The molecule has 6 nitrogen and oxygen atoms in total. The van der Waals surface area contributed by atoms with Crippen molar-refractivity contribution in [3.05, 3.63) is 0 Å². The maximum atomic E-state index is 5.90. The molecule has 0 bridgehead atoms. The number of hydrogen-bond acceptors (Lipinski definition) is 6. The molecular formula is C15H20O6. The SMILES string of the molecule is C1OC2(OCC13CC1OC1C3)OCC1(CO2)CC2OC2C1. The molecule has 0 N–H and O–H groups in total. The molecular weight excluding hydrogens is 276 g/mol. The highest BCUT2D eigenvalue weighted by Gasteiger charge is 2.63. The van der Waals surface area contributed by atoms with Crippen LogP contribution in [0.2, 0.25) is 0 Å². The topological polar surface area (TPSA) is 62.0 Å². The molecule has 0 aromatic carbocycles. The zero-order chi connectivity index (χ0) is 13.7. The molecule has 4 atom stereocenters. The summed E-state index contributed by atoms with van der Waals surface area (Å²) in [5, 5.41) is 0. The van der Waals surface area contributed by atoms with E-state index in [9.17, 15) is 0 Å². The van der Waals surface area contributed by atoms with E-state index in [1.165, 1.54) is 0 Å². The second-order valence-electron chi connectivity index (χ2n) is 7.90. The summed E-state index contributed by atoms with van der Waals surface area (Å²) in [6, 6.07) is 0. The van der Waals surface area contributed by atoms with Crippen molar-refractivity contribution in [1.82, 2.24) is 0 Å². The van der Waals surface area contributed by atoms with Crippen molar-refractivity contribution in [2.45, 2.75) is 56.3 Å². The van der Waals surface area contributed by atoms with Crippen molar-refractivity contribution in [3.8, 4) is 0 Å². The van der Waals surface area contributed by atoms with Crippen LogP contribution in [-0.2, 0) is 28.4 Å². The smallest absolute Gasteiger partial charge is 0.370 e. The largest absolute Gasteiger partial charge is 0.412 e. The normalized spacial score (nSPS) is 64.0. The molecule has 0 radical (unpaired) electrons. The van der Waals surface area contributed by atoms with Gasteiger partial charge in [0.25, 0.3) is 0 Å². The van der Waals surface area contributed by atoms with Crippen LogP contribution in [0.4, 0.5) is 0 Å². The van der Waals surface area contributed by atoms with Crippen LogP contribution in [0, 0.1) is 10.8 Å². The number of fused-ring (bicyclic) bond motifs is 2. The van der Waals surface area contributed by atoms with E-state index in [0.717, 1.165) is 25.7 Å². The monoisotopic (exact) mass is 296 g/mol.